The first-order chi connectivity index (χ1) is 13.9. The van der Waals surface area contributed by atoms with E-state index in [0.29, 0.717) is 21.8 Å². The van der Waals surface area contributed by atoms with Crippen LogP contribution in [0.5, 0.6) is 0 Å². The largest absolute Gasteiger partial charge is 0.459 e. The number of halogens is 2. The van der Waals surface area contributed by atoms with Crippen molar-refractivity contribution in [2.45, 2.75) is 58.2 Å². The molecule has 1 heterocycles. The highest BCUT2D eigenvalue weighted by Crippen LogP contribution is 2.35. The van der Waals surface area contributed by atoms with Gasteiger partial charge in [0.05, 0.1) is 12.0 Å². The van der Waals surface area contributed by atoms with Gasteiger partial charge in [-0.1, -0.05) is 29.8 Å². The number of fused-ring (bicyclic) bond motifs is 1. The van der Waals surface area contributed by atoms with E-state index in [1.165, 1.54) is 4.90 Å². The van der Waals surface area contributed by atoms with Gasteiger partial charge >= 0.3 is 5.97 Å². The first-order valence-corrected chi connectivity index (χ1v) is 10.3. The number of hydrogen-bond donors (Lipinski definition) is 0. The van der Waals surface area contributed by atoms with Crippen molar-refractivity contribution in [3.8, 4) is 0 Å². The Balaban J connectivity index is 1.96. The predicted octanol–water partition coefficient (Wildman–Crippen LogP) is 5.50. The Hall–Kier alpha value is -2.40. The molecule has 0 fully saturated rings. The van der Waals surface area contributed by atoms with Gasteiger partial charge in [0, 0.05) is 22.7 Å². The molecule has 0 N–H and O–H groups in total. The standard InChI is InChI=1S/C24H27ClFNO3/c1-23(2,3)30-22(29)24(4,5)17-9-10-20-16(11-17)13-19(26)14-27(20)21(28)15-7-6-8-18(25)12-15/h6-12,19H,13-14H2,1-5H3. The zero-order chi connectivity index (χ0) is 22.3. The van der Waals surface area contributed by atoms with Crippen molar-refractivity contribution in [1.29, 1.82) is 0 Å². The van der Waals surface area contributed by atoms with E-state index in [2.05, 4.69) is 0 Å². The van der Waals surface area contributed by atoms with Crippen molar-refractivity contribution >= 4 is 29.2 Å². The Labute approximate surface area is 182 Å². The summed E-state index contributed by atoms with van der Waals surface area (Å²) >= 11 is 6.01. The van der Waals surface area contributed by atoms with E-state index in [4.69, 9.17) is 16.3 Å². The lowest BCUT2D eigenvalue weighted by molar-refractivity contribution is -0.160. The number of benzene rings is 2. The van der Waals surface area contributed by atoms with E-state index in [9.17, 15) is 14.0 Å². The molecule has 1 aliphatic heterocycles. The van der Waals surface area contributed by atoms with Gasteiger partial charge in [0.25, 0.3) is 5.91 Å². The van der Waals surface area contributed by atoms with E-state index in [1.807, 2.05) is 26.8 Å². The zero-order valence-electron chi connectivity index (χ0n) is 18.0. The second-order valence-electron chi connectivity index (χ2n) is 9.20. The molecule has 0 saturated heterocycles. The smallest absolute Gasteiger partial charge is 0.316 e. The van der Waals surface area contributed by atoms with Gasteiger partial charge in [-0.2, -0.15) is 0 Å². The maximum Gasteiger partial charge on any atom is 0.316 e. The third kappa shape index (κ3) is 4.67. The maximum atomic E-state index is 14.6. The second kappa shape index (κ2) is 8.03. The second-order valence-corrected chi connectivity index (χ2v) is 9.63. The van der Waals surface area contributed by atoms with Crippen LogP contribution in [0.15, 0.2) is 42.5 Å². The number of esters is 1. The summed E-state index contributed by atoms with van der Waals surface area (Å²) in [6.07, 6.45) is -1.01. The molecular formula is C24H27ClFNO3. The van der Waals surface area contributed by atoms with Crippen LogP contribution in [0.4, 0.5) is 10.1 Å². The van der Waals surface area contributed by atoms with Crippen molar-refractivity contribution < 1.29 is 18.7 Å². The summed E-state index contributed by atoms with van der Waals surface area (Å²) in [7, 11) is 0. The van der Waals surface area contributed by atoms with E-state index in [1.54, 1.807) is 50.2 Å². The fourth-order valence-electron chi connectivity index (χ4n) is 3.49. The zero-order valence-corrected chi connectivity index (χ0v) is 18.7. The average Bonchev–Trinajstić information content (AvgIpc) is 2.64. The highest BCUT2D eigenvalue weighted by molar-refractivity contribution is 6.31. The summed E-state index contributed by atoms with van der Waals surface area (Å²) in [5, 5.41) is 0.448. The minimum atomic E-state index is -1.19. The predicted molar refractivity (Wildman–Crippen MR) is 117 cm³/mol. The van der Waals surface area contributed by atoms with Gasteiger partial charge in [0.1, 0.15) is 11.8 Å². The van der Waals surface area contributed by atoms with Gasteiger partial charge < -0.3 is 9.64 Å². The minimum absolute atomic E-state index is 0.0207. The third-order valence-electron chi connectivity index (χ3n) is 5.14. The summed E-state index contributed by atoms with van der Waals surface area (Å²) < 4.78 is 20.1. The molecule has 0 bridgehead atoms. The van der Waals surface area contributed by atoms with Gasteiger partial charge in [-0.15, -0.1) is 0 Å². The lowest BCUT2D eigenvalue weighted by Crippen LogP contribution is -2.41. The van der Waals surface area contributed by atoms with Crippen molar-refractivity contribution in [2.24, 2.45) is 0 Å². The summed E-state index contributed by atoms with van der Waals surface area (Å²) in [5.74, 6) is -0.658. The molecule has 0 aliphatic carbocycles. The van der Waals surface area contributed by atoms with Crippen LogP contribution < -0.4 is 4.90 Å². The Morgan fingerprint density at radius 2 is 1.80 bits per heavy atom. The average molecular weight is 432 g/mol. The van der Waals surface area contributed by atoms with Crippen LogP contribution in [0, 0.1) is 0 Å². The third-order valence-corrected chi connectivity index (χ3v) is 5.38. The summed E-state index contributed by atoms with van der Waals surface area (Å²) in [6.45, 7) is 9.01. The number of alkyl halides is 1. The van der Waals surface area contributed by atoms with Crippen molar-refractivity contribution in [2.75, 3.05) is 11.4 Å². The molecule has 0 saturated carbocycles. The van der Waals surface area contributed by atoms with Crippen LogP contribution >= 0.6 is 11.6 Å². The molecule has 1 aliphatic rings. The topological polar surface area (TPSA) is 46.6 Å². The number of nitrogens with zero attached hydrogens (tertiary/aromatic N) is 1. The van der Waals surface area contributed by atoms with Crippen molar-refractivity contribution in [3.05, 3.63) is 64.2 Å². The molecule has 160 valence electrons. The Bertz CT molecular complexity index is 981. The van der Waals surface area contributed by atoms with Crippen molar-refractivity contribution in [1.82, 2.24) is 0 Å². The van der Waals surface area contributed by atoms with Crippen LogP contribution in [-0.4, -0.2) is 30.2 Å². The molecule has 0 radical (unpaired) electrons. The van der Waals surface area contributed by atoms with Crippen molar-refractivity contribution in [3.63, 3.8) is 0 Å². The van der Waals surface area contributed by atoms with Crippen LogP contribution in [0.1, 0.15) is 56.1 Å². The van der Waals surface area contributed by atoms with Crippen LogP contribution in [0.25, 0.3) is 0 Å². The van der Waals surface area contributed by atoms with Crippen LogP contribution in [0.2, 0.25) is 5.02 Å². The fourth-order valence-corrected chi connectivity index (χ4v) is 3.68. The lowest BCUT2D eigenvalue weighted by atomic mass is 9.82. The molecular weight excluding hydrogens is 405 g/mol. The Morgan fingerprint density at radius 1 is 1.10 bits per heavy atom. The quantitative estimate of drug-likeness (QED) is 0.603. The molecule has 4 nitrogen and oxygen atoms in total. The van der Waals surface area contributed by atoms with E-state index in [0.717, 1.165) is 5.56 Å². The van der Waals surface area contributed by atoms with Gasteiger partial charge in [-0.05, 0) is 70.0 Å². The molecule has 0 aromatic heterocycles. The Kier molecular flexibility index (Phi) is 5.96. The molecule has 6 heteroatoms. The number of amides is 1. The molecule has 3 rings (SSSR count). The number of anilines is 1. The summed E-state index contributed by atoms with van der Waals surface area (Å²) in [6, 6.07) is 12.0. The SMILES string of the molecule is CC(C)(C)OC(=O)C(C)(C)c1ccc2c(c1)CC(F)CN2C(=O)c1cccc(Cl)c1. The Morgan fingerprint density at radius 3 is 2.43 bits per heavy atom. The van der Waals surface area contributed by atoms with Gasteiger partial charge in [-0.25, -0.2) is 4.39 Å². The van der Waals surface area contributed by atoms with Crippen LogP contribution in [-0.2, 0) is 21.4 Å². The molecule has 2 aromatic carbocycles. The van der Waals surface area contributed by atoms with Gasteiger partial charge in [0.2, 0.25) is 0 Å². The van der Waals surface area contributed by atoms with E-state index >= 15 is 0 Å². The molecule has 1 amide bonds. The number of ether oxygens (including phenoxy) is 1. The van der Waals surface area contributed by atoms with E-state index < -0.39 is 17.2 Å². The maximum absolute atomic E-state index is 14.6. The number of hydrogen-bond acceptors (Lipinski definition) is 3. The number of carbonyl (C=O) groups is 2. The monoisotopic (exact) mass is 431 g/mol. The highest BCUT2D eigenvalue weighted by Gasteiger charge is 2.36. The van der Waals surface area contributed by atoms with E-state index in [-0.39, 0.29) is 24.8 Å². The fraction of sp³-hybridized carbons (Fsp3) is 0.417. The summed E-state index contributed by atoms with van der Waals surface area (Å²) in [5.41, 5.74) is 0.955. The minimum Gasteiger partial charge on any atom is -0.459 e. The van der Waals surface area contributed by atoms with Gasteiger partial charge in [0.15, 0.2) is 0 Å². The molecule has 30 heavy (non-hydrogen) atoms. The molecule has 1 atom stereocenters. The normalized spacial score (nSPS) is 16.8. The highest BCUT2D eigenvalue weighted by atomic mass is 35.5. The molecule has 2 aromatic rings. The van der Waals surface area contributed by atoms with Gasteiger partial charge in [-0.3, -0.25) is 9.59 Å². The number of rotatable bonds is 3. The number of carbonyl (C=O) groups excluding carboxylic acids is 2. The molecule has 1 unspecified atom stereocenters. The first-order valence-electron chi connectivity index (χ1n) is 9.97. The first kappa shape index (κ1) is 22.3. The lowest BCUT2D eigenvalue weighted by Gasteiger charge is -2.34. The molecule has 0 spiro atoms. The van der Waals surface area contributed by atoms with Crippen LogP contribution in [0.3, 0.4) is 0 Å². The summed E-state index contributed by atoms with van der Waals surface area (Å²) in [4.78, 5) is 27.2.